The molecule has 0 radical (unpaired) electrons. The number of halogens is 1. The Hall–Kier alpha value is -3.11. The average molecular weight is 591 g/mol. The van der Waals surface area contributed by atoms with Crippen molar-refractivity contribution in [2.24, 2.45) is 29.7 Å². The van der Waals surface area contributed by atoms with Crippen LogP contribution in [0.1, 0.15) is 62.6 Å². The number of aromatic nitrogens is 1. The number of fused-ring (bicyclic) bond motifs is 7. The van der Waals surface area contributed by atoms with Gasteiger partial charge in [0.05, 0.1) is 17.9 Å². The van der Waals surface area contributed by atoms with E-state index in [1.807, 2.05) is 55.1 Å². The van der Waals surface area contributed by atoms with Gasteiger partial charge in [0.15, 0.2) is 22.8 Å². The highest BCUT2D eigenvalue weighted by Crippen LogP contribution is 2.72. The first-order valence-corrected chi connectivity index (χ1v) is 15.2. The second-order valence-electron chi connectivity index (χ2n) is 13.7. The SMILES string of the molecule is Cn1cc(Cc2cccc(N)c2)cc1[C@@H]1O[C@@H]2C[C@H]3[C@@H]4CCC5=CC(=O)C=C[C@]5(C)[C@@]4(F)[C@@H](O)C[C@]3(C)[C@]2(C(=O)CO)O1. The van der Waals surface area contributed by atoms with E-state index >= 15 is 4.39 Å². The van der Waals surface area contributed by atoms with Gasteiger partial charge in [-0.3, -0.25) is 9.59 Å². The summed E-state index contributed by atoms with van der Waals surface area (Å²) in [5.41, 5.74) is 4.46. The lowest BCUT2D eigenvalue weighted by atomic mass is 9.44. The number of aliphatic hydroxyl groups is 2. The fourth-order valence-electron chi connectivity index (χ4n) is 9.63. The number of rotatable bonds is 5. The maximum atomic E-state index is 17.6. The zero-order valence-electron chi connectivity index (χ0n) is 24.8. The van der Waals surface area contributed by atoms with Crippen molar-refractivity contribution in [3.8, 4) is 0 Å². The maximum Gasteiger partial charge on any atom is 0.200 e. The Kier molecular flexibility index (Phi) is 6.29. The summed E-state index contributed by atoms with van der Waals surface area (Å²) in [6, 6.07) is 9.69. The lowest BCUT2D eigenvalue weighted by Gasteiger charge is -2.62. The molecule has 5 aliphatic rings. The summed E-state index contributed by atoms with van der Waals surface area (Å²) in [4.78, 5) is 25.9. The van der Waals surface area contributed by atoms with Crippen LogP contribution in [0.2, 0.25) is 0 Å². The standard InChI is InChI=1S/C34H39FN2O6/c1-31-10-9-23(39)14-21(31)7-8-24-25-15-29-34(28(41)18-38,32(25,2)16-27(40)33(24,31)35)43-30(42-29)26-13-20(17-37(26)3)11-19-5-4-6-22(36)12-19/h4-6,9-10,12-14,17,24-25,27,29-30,38,40H,7-8,11,15-16,18,36H2,1-3H3/t24-,25-,27-,29+,30+,31-,32-,33-,34+/m0/s1. The highest BCUT2D eigenvalue weighted by molar-refractivity contribution is 6.01. The van der Waals surface area contributed by atoms with Crippen molar-refractivity contribution in [2.45, 2.75) is 75.7 Å². The molecule has 9 heteroatoms. The van der Waals surface area contributed by atoms with E-state index < -0.39 is 58.9 Å². The monoisotopic (exact) mass is 590 g/mol. The maximum absolute atomic E-state index is 17.6. The Bertz CT molecular complexity index is 1580. The van der Waals surface area contributed by atoms with Gasteiger partial charge in [0, 0.05) is 35.7 Å². The van der Waals surface area contributed by atoms with E-state index in [-0.39, 0.29) is 18.1 Å². The number of ether oxygens (including phenoxy) is 2. The molecule has 1 aliphatic heterocycles. The van der Waals surface area contributed by atoms with Crippen molar-refractivity contribution in [1.29, 1.82) is 0 Å². The van der Waals surface area contributed by atoms with Crippen LogP contribution in [0.5, 0.6) is 0 Å². The molecule has 1 aromatic heterocycles. The van der Waals surface area contributed by atoms with E-state index in [4.69, 9.17) is 15.2 Å². The molecule has 9 atom stereocenters. The molecule has 0 spiro atoms. The van der Waals surface area contributed by atoms with E-state index in [9.17, 15) is 19.8 Å². The number of nitrogens with zero attached hydrogens (tertiary/aromatic N) is 1. The predicted octanol–water partition coefficient (Wildman–Crippen LogP) is 3.89. The van der Waals surface area contributed by atoms with Crippen LogP contribution in [0.15, 0.2) is 60.3 Å². The molecule has 8 nitrogen and oxygen atoms in total. The molecule has 2 heterocycles. The molecule has 4 aliphatic carbocycles. The zero-order chi connectivity index (χ0) is 30.5. The second kappa shape index (κ2) is 9.44. The largest absolute Gasteiger partial charge is 0.399 e. The Morgan fingerprint density at radius 2 is 2.00 bits per heavy atom. The molecule has 43 heavy (non-hydrogen) atoms. The molecule has 1 aromatic carbocycles. The number of aliphatic hydroxyl groups excluding tert-OH is 2. The summed E-state index contributed by atoms with van der Waals surface area (Å²) in [6.07, 6.45) is 5.42. The summed E-state index contributed by atoms with van der Waals surface area (Å²) >= 11 is 0. The summed E-state index contributed by atoms with van der Waals surface area (Å²) in [5, 5.41) is 21.9. The molecule has 3 saturated carbocycles. The number of carbonyl (C=O) groups is 2. The van der Waals surface area contributed by atoms with Gasteiger partial charge < -0.3 is 30.0 Å². The van der Waals surface area contributed by atoms with Gasteiger partial charge in [-0.15, -0.1) is 0 Å². The van der Waals surface area contributed by atoms with Gasteiger partial charge in [-0.1, -0.05) is 30.7 Å². The number of alkyl halides is 1. The van der Waals surface area contributed by atoms with Crippen molar-refractivity contribution in [3.63, 3.8) is 0 Å². The molecule has 228 valence electrons. The van der Waals surface area contributed by atoms with E-state index in [0.717, 1.165) is 16.8 Å². The normalized spacial score (nSPS) is 41.3. The first-order chi connectivity index (χ1) is 20.4. The minimum Gasteiger partial charge on any atom is -0.399 e. The molecular weight excluding hydrogens is 551 g/mol. The van der Waals surface area contributed by atoms with Gasteiger partial charge in [0.25, 0.3) is 0 Å². The minimum absolute atomic E-state index is 0.0402. The van der Waals surface area contributed by atoms with Crippen molar-refractivity contribution >= 4 is 17.3 Å². The zero-order valence-corrected chi connectivity index (χ0v) is 24.8. The number of Topliss-reactive ketones (excluding diaryl/α,β-unsaturated/α-hetero) is 1. The van der Waals surface area contributed by atoms with Crippen LogP contribution in [-0.2, 0) is 32.5 Å². The Morgan fingerprint density at radius 1 is 1.21 bits per heavy atom. The molecule has 1 saturated heterocycles. The van der Waals surface area contributed by atoms with Crippen molar-refractivity contribution in [1.82, 2.24) is 4.57 Å². The molecule has 2 aromatic rings. The molecule has 0 amide bonds. The predicted molar refractivity (Wildman–Crippen MR) is 156 cm³/mol. The summed E-state index contributed by atoms with van der Waals surface area (Å²) in [6.45, 7) is 2.91. The molecule has 4 fully saturated rings. The molecule has 0 bridgehead atoms. The first kappa shape index (κ1) is 28.6. The molecule has 4 N–H and O–H groups in total. The average Bonchev–Trinajstić information content (AvgIpc) is 3.59. The van der Waals surface area contributed by atoms with Crippen LogP contribution in [0.3, 0.4) is 0 Å². The van der Waals surface area contributed by atoms with Crippen LogP contribution in [0.25, 0.3) is 0 Å². The molecule has 7 rings (SSSR count). The number of nitrogen functional groups attached to an aromatic ring is 1. The van der Waals surface area contributed by atoms with Gasteiger partial charge in [-0.25, -0.2) is 4.39 Å². The number of anilines is 1. The number of ketones is 2. The number of aryl methyl sites for hydroxylation is 1. The smallest absolute Gasteiger partial charge is 0.200 e. The van der Waals surface area contributed by atoms with Crippen LogP contribution in [0.4, 0.5) is 10.1 Å². The van der Waals surface area contributed by atoms with Gasteiger partial charge in [0.2, 0.25) is 6.29 Å². The number of benzene rings is 1. The van der Waals surface area contributed by atoms with E-state index in [2.05, 4.69) is 0 Å². The third-order valence-electron chi connectivity index (χ3n) is 11.6. The first-order valence-electron chi connectivity index (χ1n) is 15.2. The fraction of sp³-hybridized carbons (Fsp3) is 0.529. The van der Waals surface area contributed by atoms with E-state index in [1.54, 1.807) is 13.0 Å². The number of hydrogen-bond acceptors (Lipinski definition) is 7. The van der Waals surface area contributed by atoms with Crippen LogP contribution in [0, 0.1) is 22.7 Å². The number of hydrogen-bond donors (Lipinski definition) is 3. The van der Waals surface area contributed by atoms with Crippen LogP contribution >= 0.6 is 0 Å². The number of carbonyl (C=O) groups excluding carboxylic acids is 2. The Labute approximate surface area is 250 Å². The number of allylic oxidation sites excluding steroid dienone is 4. The van der Waals surface area contributed by atoms with E-state index in [1.165, 1.54) is 12.2 Å². The van der Waals surface area contributed by atoms with Crippen molar-refractivity contribution < 1.29 is 33.7 Å². The van der Waals surface area contributed by atoms with E-state index in [0.29, 0.717) is 36.9 Å². The third-order valence-corrected chi connectivity index (χ3v) is 11.6. The number of nitrogens with two attached hydrogens (primary N) is 1. The second-order valence-corrected chi connectivity index (χ2v) is 13.7. The van der Waals surface area contributed by atoms with Crippen molar-refractivity contribution in [2.75, 3.05) is 12.3 Å². The van der Waals surface area contributed by atoms with Gasteiger partial charge >= 0.3 is 0 Å². The topological polar surface area (TPSA) is 124 Å². The summed E-state index contributed by atoms with van der Waals surface area (Å²) in [5.74, 6) is -1.62. The minimum atomic E-state index is -2.03. The quantitative estimate of drug-likeness (QED) is 0.452. The Balaban J connectivity index is 1.23. The summed E-state index contributed by atoms with van der Waals surface area (Å²) < 4.78 is 32.7. The molecular formula is C34H39FN2O6. The highest BCUT2D eigenvalue weighted by atomic mass is 19.1. The van der Waals surface area contributed by atoms with Gasteiger partial charge in [-0.05, 0) is 86.4 Å². The lowest BCUT2D eigenvalue weighted by Crippen LogP contribution is -2.69. The lowest BCUT2D eigenvalue weighted by molar-refractivity contribution is -0.232. The van der Waals surface area contributed by atoms with Crippen LogP contribution < -0.4 is 5.73 Å². The summed E-state index contributed by atoms with van der Waals surface area (Å²) in [7, 11) is 1.89. The van der Waals surface area contributed by atoms with Crippen molar-refractivity contribution in [3.05, 3.63) is 77.2 Å². The highest BCUT2D eigenvalue weighted by Gasteiger charge is 2.79. The van der Waals surface area contributed by atoms with Crippen LogP contribution in [-0.4, -0.2) is 56.4 Å². The molecule has 0 unspecified atom stereocenters. The Morgan fingerprint density at radius 3 is 2.74 bits per heavy atom. The van der Waals surface area contributed by atoms with Gasteiger partial charge in [-0.2, -0.15) is 0 Å². The third kappa shape index (κ3) is 3.68. The van der Waals surface area contributed by atoms with Gasteiger partial charge in [0.1, 0.15) is 6.61 Å². The fourth-order valence-corrected chi connectivity index (χ4v) is 9.63.